The van der Waals surface area contributed by atoms with Crippen LogP contribution in [0.1, 0.15) is 24.0 Å². The van der Waals surface area contributed by atoms with E-state index in [0.717, 1.165) is 11.1 Å². The third kappa shape index (κ3) is 3.99. The minimum atomic E-state index is -0.777. The van der Waals surface area contributed by atoms with E-state index in [1.54, 1.807) is 4.90 Å². The largest absolute Gasteiger partial charge is 0.481 e. The van der Waals surface area contributed by atoms with Crippen LogP contribution in [-0.2, 0) is 11.3 Å². The molecular formula is C16H18N2O3. The normalized spacial score (nSPS) is 15.3. The average molecular weight is 286 g/mol. The zero-order chi connectivity index (χ0) is 15.2. The number of terminal acetylenes is 1. The van der Waals surface area contributed by atoms with Crippen LogP contribution in [-0.4, -0.2) is 35.1 Å². The van der Waals surface area contributed by atoms with Crippen molar-refractivity contribution in [2.24, 2.45) is 5.92 Å². The monoisotopic (exact) mass is 286 g/mol. The summed E-state index contributed by atoms with van der Waals surface area (Å²) in [5.74, 6) is 1.45. The number of carboxylic acids is 1. The number of urea groups is 1. The number of aliphatic carboxylic acids is 1. The van der Waals surface area contributed by atoms with Gasteiger partial charge in [0.1, 0.15) is 0 Å². The van der Waals surface area contributed by atoms with Gasteiger partial charge in [0.05, 0.1) is 5.92 Å². The predicted molar refractivity (Wildman–Crippen MR) is 78.5 cm³/mol. The van der Waals surface area contributed by atoms with E-state index in [9.17, 15) is 9.59 Å². The summed E-state index contributed by atoms with van der Waals surface area (Å²) in [4.78, 5) is 24.6. The average Bonchev–Trinajstić information content (AvgIpc) is 2.53. The molecule has 2 amide bonds. The number of nitrogens with one attached hydrogen (secondary N) is 1. The fourth-order valence-corrected chi connectivity index (χ4v) is 2.39. The fraction of sp³-hybridized carbons (Fsp3) is 0.375. The van der Waals surface area contributed by atoms with E-state index >= 15 is 0 Å². The van der Waals surface area contributed by atoms with Gasteiger partial charge in [0.15, 0.2) is 0 Å². The van der Waals surface area contributed by atoms with Crippen LogP contribution < -0.4 is 5.32 Å². The van der Waals surface area contributed by atoms with Gasteiger partial charge < -0.3 is 15.3 Å². The van der Waals surface area contributed by atoms with Crippen molar-refractivity contribution in [1.82, 2.24) is 10.2 Å². The molecule has 0 spiro atoms. The van der Waals surface area contributed by atoms with Crippen molar-refractivity contribution in [2.45, 2.75) is 19.4 Å². The molecule has 0 unspecified atom stereocenters. The minimum absolute atomic E-state index is 0.162. The Balaban J connectivity index is 1.83. The highest BCUT2D eigenvalue weighted by Gasteiger charge is 2.26. The van der Waals surface area contributed by atoms with Crippen LogP contribution in [0.2, 0.25) is 0 Å². The lowest BCUT2D eigenvalue weighted by atomic mass is 9.97. The smallest absolute Gasteiger partial charge is 0.317 e. The first kappa shape index (κ1) is 14.9. The fourth-order valence-electron chi connectivity index (χ4n) is 2.39. The molecule has 5 nitrogen and oxygen atoms in total. The highest BCUT2D eigenvalue weighted by Crippen LogP contribution is 2.17. The zero-order valence-corrected chi connectivity index (χ0v) is 11.7. The highest BCUT2D eigenvalue weighted by molar-refractivity contribution is 5.75. The Labute approximate surface area is 124 Å². The number of carboxylic acid groups (broad SMARTS) is 1. The summed E-state index contributed by atoms with van der Waals surface area (Å²) in [6.45, 7) is 1.37. The highest BCUT2D eigenvalue weighted by atomic mass is 16.4. The number of benzene rings is 1. The van der Waals surface area contributed by atoms with Gasteiger partial charge in [-0.15, -0.1) is 6.42 Å². The summed E-state index contributed by atoms with van der Waals surface area (Å²) in [6, 6.07) is 7.29. The van der Waals surface area contributed by atoms with E-state index in [-0.39, 0.29) is 11.9 Å². The summed E-state index contributed by atoms with van der Waals surface area (Å²) < 4.78 is 0. The van der Waals surface area contributed by atoms with Gasteiger partial charge in [-0.2, -0.15) is 0 Å². The first-order valence-corrected chi connectivity index (χ1v) is 6.91. The van der Waals surface area contributed by atoms with Gasteiger partial charge in [0, 0.05) is 25.2 Å². The number of rotatable bonds is 3. The Morgan fingerprint density at radius 1 is 1.38 bits per heavy atom. The second-order valence-corrected chi connectivity index (χ2v) is 5.10. The maximum atomic E-state index is 12.0. The molecule has 0 atom stereocenters. The molecule has 0 saturated carbocycles. The van der Waals surface area contributed by atoms with Crippen LogP contribution >= 0.6 is 0 Å². The van der Waals surface area contributed by atoms with Gasteiger partial charge in [0.25, 0.3) is 0 Å². The first-order valence-electron chi connectivity index (χ1n) is 6.91. The molecule has 21 heavy (non-hydrogen) atoms. The summed E-state index contributed by atoms with van der Waals surface area (Å²) in [6.07, 6.45) is 6.35. The summed E-state index contributed by atoms with van der Waals surface area (Å²) in [5.41, 5.74) is 1.73. The molecule has 1 aromatic carbocycles. The van der Waals surface area contributed by atoms with Crippen molar-refractivity contribution >= 4 is 12.0 Å². The van der Waals surface area contributed by atoms with Crippen molar-refractivity contribution < 1.29 is 14.7 Å². The number of nitrogens with zero attached hydrogens (tertiary/aromatic N) is 1. The van der Waals surface area contributed by atoms with E-state index < -0.39 is 5.97 Å². The van der Waals surface area contributed by atoms with E-state index in [1.807, 2.05) is 24.3 Å². The van der Waals surface area contributed by atoms with Crippen molar-refractivity contribution in [2.75, 3.05) is 13.1 Å². The topological polar surface area (TPSA) is 69.6 Å². The molecule has 1 aliphatic rings. The third-order valence-corrected chi connectivity index (χ3v) is 3.67. The summed E-state index contributed by atoms with van der Waals surface area (Å²) in [7, 11) is 0. The van der Waals surface area contributed by atoms with Gasteiger partial charge in [-0.3, -0.25) is 4.79 Å². The quantitative estimate of drug-likeness (QED) is 0.831. The lowest BCUT2D eigenvalue weighted by Crippen LogP contribution is -2.45. The van der Waals surface area contributed by atoms with Crippen LogP contribution in [0.25, 0.3) is 0 Å². The molecule has 0 radical (unpaired) electrons. The second-order valence-electron chi connectivity index (χ2n) is 5.10. The van der Waals surface area contributed by atoms with Gasteiger partial charge in [0.2, 0.25) is 0 Å². The van der Waals surface area contributed by atoms with Crippen LogP contribution in [0.3, 0.4) is 0 Å². The van der Waals surface area contributed by atoms with Crippen LogP contribution in [0, 0.1) is 18.3 Å². The number of amides is 2. The maximum Gasteiger partial charge on any atom is 0.317 e. The van der Waals surface area contributed by atoms with E-state index in [0.29, 0.717) is 32.5 Å². The molecule has 1 saturated heterocycles. The Morgan fingerprint density at radius 2 is 2.10 bits per heavy atom. The van der Waals surface area contributed by atoms with Crippen molar-refractivity contribution in [1.29, 1.82) is 0 Å². The van der Waals surface area contributed by atoms with Crippen molar-refractivity contribution in [3.05, 3.63) is 35.4 Å². The third-order valence-electron chi connectivity index (χ3n) is 3.67. The van der Waals surface area contributed by atoms with E-state index in [2.05, 4.69) is 11.2 Å². The SMILES string of the molecule is C#Cc1cccc(CNC(=O)N2CCC(C(=O)O)CC2)c1. The summed E-state index contributed by atoms with van der Waals surface area (Å²) >= 11 is 0. The molecule has 2 rings (SSSR count). The van der Waals surface area contributed by atoms with Gasteiger partial charge >= 0.3 is 12.0 Å². The molecular weight excluding hydrogens is 268 g/mol. The maximum absolute atomic E-state index is 12.0. The zero-order valence-electron chi connectivity index (χ0n) is 11.7. The predicted octanol–water partition coefficient (Wildman–Crippen LogP) is 1.67. The molecule has 1 aliphatic heterocycles. The Kier molecular flexibility index (Phi) is 4.83. The van der Waals surface area contributed by atoms with Gasteiger partial charge in [-0.05, 0) is 30.5 Å². The Bertz CT molecular complexity index is 569. The molecule has 0 aliphatic carbocycles. The van der Waals surface area contributed by atoms with Gasteiger partial charge in [-0.1, -0.05) is 18.1 Å². The van der Waals surface area contributed by atoms with Crippen molar-refractivity contribution in [3.63, 3.8) is 0 Å². The molecule has 1 aromatic rings. The minimum Gasteiger partial charge on any atom is -0.481 e. The number of carbonyl (C=O) groups is 2. The Morgan fingerprint density at radius 3 is 2.71 bits per heavy atom. The molecule has 110 valence electrons. The lowest BCUT2D eigenvalue weighted by Gasteiger charge is -2.30. The standard InChI is InChI=1S/C16H18N2O3/c1-2-12-4-3-5-13(10-12)11-17-16(21)18-8-6-14(7-9-18)15(19)20/h1,3-5,10,14H,6-9,11H2,(H,17,21)(H,19,20). The molecule has 0 bridgehead atoms. The molecule has 5 heteroatoms. The van der Waals surface area contributed by atoms with Crippen LogP contribution in [0.5, 0.6) is 0 Å². The van der Waals surface area contributed by atoms with Crippen LogP contribution in [0.4, 0.5) is 4.79 Å². The van der Waals surface area contributed by atoms with Gasteiger partial charge in [-0.25, -0.2) is 4.79 Å². The van der Waals surface area contributed by atoms with Crippen LogP contribution in [0.15, 0.2) is 24.3 Å². The molecule has 0 aromatic heterocycles. The second kappa shape index (κ2) is 6.80. The van der Waals surface area contributed by atoms with E-state index in [1.165, 1.54) is 0 Å². The molecule has 1 heterocycles. The van der Waals surface area contributed by atoms with Crippen molar-refractivity contribution in [3.8, 4) is 12.3 Å². The summed E-state index contributed by atoms with van der Waals surface area (Å²) in [5, 5.41) is 11.8. The number of hydrogen-bond donors (Lipinski definition) is 2. The number of piperidine rings is 1. The first-order chi connectivity index (χ1) is 10.1. The number of carbonyl (C=O) groups excluding carboxylic acids is 1. The number of hydrogen-bond acceptors (Lipinski definition) is 2. The number of likely N-dealkylation sites (tertiary alicyclic amines) is 1. The Hall–Kier alpha value is -2.48. The lowest BCUT2D eigenvalue weighted by molar-refractivity contribution is -0.143. The molecule has 1 fully saturated rings. The molecule has 2 N–H and O–H groups in total. The van der Waals surface area contributed by atoms with E-state index in [4.69, 9.17) is 11.5 Å².